The van der Waals surface area contributed by atoms with Crippen LogP contribution in [0.25, 0.3) is 0 Å². The van der Waals surface area contributed by atoms with Gasteiger partial charge in [0, 0.05) is 10.6 Å². The standard InChI is InChI=1S/C24H22ClN3O3/c1-31-21-10-5-16(14-26)13-19(21)20(29)15-28-23(30)22(17-6-8-18(25)9-7-17)27-24(28)11-3-2-4-12-24/h5-10,13H,2-4,11-12,15H2,1H3. The van der Waals surface area contributed by atoms with Crippen LogP contribution in [0.15, 0.2) is 47.5 Å². The number of ketones is 1. The third kappa shape index (κ3) is 3.94. The van der Waals surface area contributed by atoms with Gasteiger partial charge in [-0.2, -0.15) is 5.26 Å². The van der Waals surface area contributed by atoms with Gasteiger partial charge in [-0.3, -0.25) is 14.6 Å². The lowest BCUT2D eigenvalue weighted by atomic mass is 9.88. The van der Waals surface area contributed by atoms with Gasteiger partial charge in [-0.25, -0.2) is 0 Å². The van der Waals surface area contributed by atoms with E-state index in [0.29, 0.717) is 33.2 Å². The fourth-order valence-electron chi connectivity index (χ4n) is 4.37. The molecule has 0 aromatic heterocycles. The van der Waals surface area contributed by atoms with Gasteiger partial charge in [-0.05, 0) is 56.0 Å². The summed E-state index contributed by atoms with van der Waals surface area (Å²) in [6, 6.07) is 13.8. The van der Waals surface area contributed by atoms with E-state index in [1.807, 2.05) is 6.07 Å². The number of benzene rings is 2. The molecule has 0 atom stereocenters. The molecule has 1 spiro atoms. The van der Waals surface area contributed by atoms with Gasteiger partial charge in [-0.1, -0.05) is 30.2 Å². The Hall–Kier alpha value is -3.17. The molecular weight excluding hydrogens is 414 g/mol. The fourth-order valence-corrected chi connectivity index (χ4v) is 4.50. The average Bonchev–Trinajstić information content (AvgIpc) is 3.05. The second kappa shape index (κ2) is 8.52. The molecule has 1 saturated carbocycles. The Labute approximate surface area is 186 Å². The summed E-state index contributed by atoms with van der Waals surface area (Å²) in [6.07, 6.45) is 4.42. The molecule has 1 aliphatic heterocycles. The lowest BCUT2D eigenvalue weighted by molar-refractivity contribution is -0.128. The molecule has 4 rings (SSSR count). The molecule has 1 heterocycles. The van der Waals surface area contributed by atoms with E-state index < -0.39 is 5.66 Å². The molecule has 31 heavy (non-hydrogen) atoms. The van der Waals surface area contributed by atoms with Gasteiger partial charge in [0.25, 0.3) is 5.91 Å². The molecule has 0 radical (unpaired) electrons. The van der Waals surface area contributed by atoms with Crippen molar-refractivity contribution in [2.75, 3.05) is 13.7 Å². The van der Waals surface area contributed by atoms with Crippen molar-refractivity contribution < 1.29 is 14.3 Å². The van der Waals surface area contributed by atoms with Crippen LogP contribution < -0.4 is 4.74 Å². The first kappa shape index (κ1) is 21.1. The summed E-state index contributed by atoms with van der Waals surface area (Å²) in [6.45, 7) is -0.120. The van der Waals surface area contributed by atoms with E-state index in [0.717, 1.165) is 32.1 Å². The van der Waals surface area contributed by atoms with Gasteiger partial charge in [0.15, 0.2) is 5.78 Å². The molecule has 1 fully saturated rings. The molecule has 0 unspecified atom stereocenters. The smallest absolute Gasteiger partial charge is 0.275 e. The molecule has 2 aromatic carbocycles. The molecule has 158 valence electrons. The van der Waals surface area contributed by atoms with Crippen molar-refractivity contribution in [3.63, 3.8) is 0 Å². The van der Waals surface area contributed by atoms with Crippen molar-refractivity contribution in [3.8, 4) is 11.8 Å². The Morgan fingerprint density at radius 2 is 1.90 bits per heavy atom. The molecule has 1 aliphatic carbocycles. The number of rotatable bonds is 5. The maximum absolute atomic E-state index is 13.4. The van der Waals surface area contributed by atoms with Crippen LogP contribution in [0.4, 0.5) is 0 Å². The summed E-state index contributed by atoms with van der Waals surface area (Å²) >= 11 is 6.00. The quantitative estimate of drug-likeness (QED) is 0.652. The zero-order chi connectivity index (χ0) is 22.0. The minimum absolute atomic E-state index is 0.120. The fraction of sp³-hybridized carbons (Fsp3) is 0.333. The van der Waals surface area contributed by atoms with Crippen LogP contribution in [0.3, 0.4) is 0 Å². The Bertz CT molecular complexity index is 1100. The highest BCUT2D eigenvalue weighted by Gasteiger charge is 2.48. The topological polar surface area (TPSA) is 82.8 Å². The van der Waals surface area contributed by atoms with Crippen molar-refractivity contribution >= 4 is 29.0 Å². The number of hydrogen-bond acceptors (Lipinski definition) is 5. The first-order valence-corrected chi connectivity index (χ1v) is 10.6. The van der Waals surface area contributed by atoms with Crippen LogP contribution in [0, 0.1) is 11.3 Å². The number of ether oxygens (including phenoxy) is 1. The summed E-state index contributed by atoms with van der Waals surface area (Å²) in [5.41, 5.74) is 1.00. The number of methoxy groups -OCH3 is 1. The van der Waals surface area contributed by atoms with E-state index in [-0.39, 0.29) is 18.2 Å². The van der Waals surface area contributed by atoms with E-state index in [1.54, 1.807) is 41.3 Å². The van der Waals surface area contributed by atoms with Gasteiger partial charge in [0.2, 0.25) is 0 Å². The minimum Gasteiger partial charge on any atom is -0.496 e. The van der Waals surface area contributed by atoms with Crippen LogP contribution in [-0.2, 0) is 4.79 Å². The molecule has 0 saturated heterocycles. The zero-order valence-electron chi connectivity index (χ0n) is 17.2. The molecular formula is C24H22ClN3O3. The molecule has 7 heteroatoms. The highest BCUT2D eigenvalue weighted by Crippen LogP contribution is 2.40. The lowest BCUT2D eigenvalue weighted by Gasteiger charge is -2.38. The summed E-state index contributed by atoms with van der Waals surface area (Å²) in [5.74, 6) is -0.153. The van der Waals surface area contributed by atoms with Crippen LogP contribution in [0.1, 0.15) is 53.6 Å². The zero-order valence-corrected chi connectivity index (χ0v) is 18.0. The first-order chi connectivity index (χ1) is 15.0. The number of nitrogens with zero attached hydrogens (tertiary/aromatic N) is 3. The molecule has 2 aliphatic rings. The lowest BCUT2D eigenvalue weighted by Crippen LogP contribution is -2.50. The molecule has 6 nitrogen and oxygen atoms in total. The summed E-state index contributed by atoms with van der Waals surface area (Å²) in [5, 5.41) is 9.80. The highest BCUT2D eigenvalue weighted by molar-refractivity contribution is 6.47. The summed E-state index contributed by atoms with van der Waals surface area (Å²) in [7, 11) is 1.48. The number of Topliss-reactive ketones (excluding diaryl/α,β-unsaturated/α-hetero) is 1. The number of carbonyl (C=O) groups excluding carboxylic acids is 2. The van der Waals surface area contributed by atoms with E-state index in [1.165, 1.54) is 13.2 Å². The number of halogens is 1. The summed E-state index contributed by atoms with van der Waals surface area (Å²) in [4.78, 5) is 33.2. The van der Waals surface area contributed by atoms with Crippen molar-refractivity contribution in [1.82, 2.24) is 4.90 Å². The number of hydrogen-bond donors (Lipinski definition) is 0. The van der Waals surface area contributed by atoms with Crippen LogP contribution in [0.5, 0.6) is 5.75 Å². The van der Waals surface area contributed by atoms with Crippen LogP contribution in [-0.4, -0.2) is 41.6 Å². The van der Waals surface area contributed by atoms with E-state index in [9.17, 15) is 14.9 Å². The predicted octanol–water partition coefficient (Wildman–Crippen LogP) is 4.39. The Morgan fingerprint density at radius 3 is 2.55 bits per heavy atom. The first-order valence-electron chi connectivity index (χ1n) is 10.3. The van der Waals surface area contributed by atoms with Gasteiger partial charge < -0.3 is 9.64 Å². The highest BCUT2D eigenvalue weighted by atomic mass is 35.5. The van der Waals surface area contributed by atoms with Crippen molar-refractivity contribution in [3.05, 3.63) is 64.2 Å². The van der Waals surface area contributed by atoms with Gasteiger partial charge in [-0.15, -0.1) is 0 Å². The number of aliphatic imine (C=N–C) groups is 1. The Balaban J connectivity index is 1.69. The molecule has 1 amide bonds. The van der Waals surface area contributed by atoms with Gasteiger partial charge >= 0.3 is 0 Å². The third-order valence-corrected chi connectivity index (χ3v) is 6.22. The van der Waals surface area contributed by atoms with Crippen LogP contribution >= 0.6 is 11.6 Å². The predicted molar refractivity (Wildman–Crippen MR) is 118 cm³/mol. The number of amides is 1. The van der Waals surface area contributed by atoms with E-state index in [2.05, 4.69) is 0 Å². The minimum atomic E-state index is -0.708. The number of nitriles is 1. The SMILES string of the molecule is COc1ccc(C#N)cc1C(=O)CN1C(=O)C(c2ccc(Cl)cc2)=NC12CCCCC2. The maximum Gasteiger partial charge on any atom is 0.275 e. The molecule has 0 N–H and O–H groups in total. The van der Waals surface area contributed by atoms with E-state index >= 15 is 0 Å². The largest absolute Gasteiger partial charge is 0.496 e. The Morgan fingerprint density at radius 1 is 1.19 bits per heavy atom. The average molecular weight is 436 g/mol. The van der Waals surface area contributed by atoms with Crippen molar-refractivity contribution in [2.24, 2.45) is 4.99 Å². The van der Waals surface area contributed by atoms with Gasteiger partial charge in [0.1, 0.15) is 17.1 Å². The molecule has 2 aromatic rings. The van der Waals surface area contributed by atoms with Crippen molar-refractivity contribution in [1.29, 1.82) is 5.26 Å². The Kier molecular flexibility index (Phi) is 5.79. The second-order valence-electron chi connectivity index (χ2n) is 7.85. The normalized spacial score (nSPS) is 17.4. The molecule has 0 bridgehead atoms. The van der Waals surface area contributed by atoms with E-state index in [4.69, 9.17) is 21.3 Å². The van der Waals surface area contributed by atoms with Gasteiger partial charge in [0.05, 0.1) is 30.9 Å². The van der Waals surface area contributed by atoms with Crippen LogP contribution in [0.2, 0.25) is 5.02 Å². The third-order valence-electron chi connectivity index (χ3n) is 5.97. The maximum atomic E-state index is 13.4. The monoisotopic (exact) mass is 435 g/mol. The van der Waals surface area contributed by atoms with Crippen molar-refractivity contribution in [2.45, 2.75) is 37.8 Å². The second-order valence-corrected chi connectivity index (χ2v) is 8.29. The number of carbonyl (C=O) groups is 2. The summed E-state index contributed by atoms with van der Waals surface area (Å²) < 4.78 is 5.32.